The van der Waals surface area contributed by atoms with Gasteiger partial charge in [0.05, 0.1) is 13.7 Å². The van der Waals surface area contributed by atoms with E-state index in [0.29, 0.717) is 23.9 Å². The molecule has 0 amide bonds. The second-order valence-electron chi connectivity index (χ2n) is 6.85. The highest BCUT2D eigenvalue weighted by Gasteiger charge is 2.35. The molecular formula is C22H20O5. The van der Waals surface area contributed by atoms with Crippen molar-refractivity contribution in [3.63, 3.8) is 0 Å². The van der Waals surface area contributed by atoms with Crippen LogP contribution in [0.2, 0.25) is 0 Å². The molecular weight excluding hydrogens is 344 g/mol. The third kappa shape index (κ3) is 2.21. The van der Waals surface area contributed by atoms with Crippen molar-refractivity contribution in [2.75, 3.05) is 20.5 Å². The fraction of sp³-hybridized carbons (Fsp3) is 0.273. The quantitative estimate of drug-likeness (QED) is 0.845. The summed E-state index contributed by atoms with van der Waals surface area (Å²) in [4.78, 5) is 0. The summed E-state index contributed by atoms with van der Waals surface area (Å²) >= 11 is 0. The summed E-state index contributed by atoms with van der Waals surface area (Å²) in [5.41, 5.74) is 6.02. The first-order valence-corrected chi connectivity index (χ1v) is 8.98. The second kappa shape index (κ2) is 6.06. The Bertz CT molecular complexity index is 989. The first kappa shape index (κ1) is 16.3. The minimum absolute atomic E-state index is 0.0456. The van der Waals surface area contributed by atoms with Crippen LogP contribution in [0.15, 0.2) is 42.5 Å². The van der Waals surface area contributed by atoms with Gasteiger partial charge in [-0.3, -0.25) is 0 Å². The summed E-state index contributed by atoms with van der Waals surface area (Å²) in [5, 5.41) is 10.2. The van der Waals surface area contributed by atoms with Gasteiger partial charge >= 0.3 is 0 Å². The van der Waals surface area contributed by atoms with Gasteiger partial charge in [0.15, 0.2) is 23.0 Å². The van der Waals surface area contributed by atoms with Gasteiger partial charge in [-0.05, 0) is 46.9 Å². The molecule has 1 atom stereocenters. The Morgan fingerprint density at radius 2 is 2.07 bits per heavy atom. The van der Waals surface area contributed by atoms with Crippen LogP contribution in [-0.4, -0.2) is 25.6 Å². The Balaban J connectivity index is 1.87. The van der Waals surface area contributed by atoms with Crippen molar-refractivity contribution in [3.8, 4) is 23.0 Å². The maximum Gasteiger partial charge on any atom is 0.231 e. The molecule has 0 radical (unpaired) electrons. The van der Waals surface area contributed by atoms with Crippen LogP contribution in [-0.2, 0) is 13.0 Å². The number of aliphatic hydroxyl groups excluding tert-OH is 1. The molecule has 0 unspecified atom stereocenters. The molecule has 1 aliphatic carbocycles. The molecule has 0 saturated carbocycles. The lowest BCUT2D eigenvalue weighted by Crippen LogP contribution is -2.18. The van der Waals surface area contributed by atoms with Gasteiger partial charge in [-0.2, -0.15) is 0 Å². The molecule has 138 valence electrons. The van der Waals surface area contributed by atoms with E-state index in [-0.39, 0.29) is 19.3 Å². The molecule has 5 heteroatoms. The van der Waals surface area contributed by atoms with Crippen LogP contribution in [0.4, 0.5) is 0 Å². The van der Waals surface area contributed by atoms with E-state index in [4.69, 9.17) is 18.9 Å². The van der Waals surface area contributed by atoms with Crippen molar-refractivity contribution in [3.05, 3.63) is 64.7 Å². The molecule has 0 fully saturated rings. The Hall–Kier alpha value is -2.92. The predicted molar refractivity (Wildman–Crippen MR) is 100 cm³/mol. The number of hydrogen-bond acceptors (Lipinski definition) is 5. The van der Waals surface area contributed by atoms with Gasteiger partial charge in [-0.25, -0.2) is 0 Å². The van der Waals surface area contributed by atoms with Crippen LogP contribution >= 0.6 is 0 Å². The summed E-state index contributed by atoms with van der Waals surface area (Å²) in [6, 6.07) is 7.96. The van der Waals surface area contributed by atoms with E-state index in [0.717, 1.165) is 45.6 Å². The number of hydrogen-bond donors (Lipinski definition) is 1. The average Bonchev–Trinajstić information content (AvgIpc) is 3.12. The zero-order chi connectivity index (χ0) is 18.5. The van der Waals surface area contributed by atoms with Gasteiger partial charge in [0, 0.05) is 17.0 Å². The zero-order valence-corrected chi connectivity index (χ0v) is 15.1. The van der Waals surface area contributed by atoms with E-state index in [1.54, 1.807) is 7.11 Å². The summed E-state index contributed by atoms with van der Waals surface area (Å²) < 4.78 is 23.1. The van der Waals surface area contributed by atoms with Gasteiger partial charge in [0.2, 0.25) is 6.79 Å². The van der Waals surface area contributed by atoms with E-state index in [2.05, 4.69) is 12.6 Å². The lowest BCUT2D eigenvalue weighted by atomic mass is 9.75. The Morgan fingerprint density at radius 1 is 1.19 bits per heavy atom. The highest BCUT2D eigenvalue weighted by Crippen LogP contribution is 2.52. The van der Waals surface area contributed by atoms with Gasteiger partial charge in [-0.15, -0.1) is 6.58 Å². The van der Waals surface area contributed by atoms with E-state index in [1.807, 2.05) is 24.3 Å². The number of aliphatic hydroxyl groups is 1. The molecule has 0 aromatic heterocycles. The van der Waals surface area contributed by atoms with Crippen LogP contribution < -0.4 is 18.9 Å². The van der Waals surface area contributed by atoms with Crippen LogP contribution in [0.1, 0.15) is 22.3 Å². The lowest BCUT2D eigenvalue weighted by molar-refractivity contribution is 0.171. The van der Waals surface area contributed by atoms with E-state index >= 15 is 0 Å². The molecule has 2 aromatic rings. The Labute approximate surface area is 157 Å². The highest BCUT2D eigenvalue weighted by molar-refractivity contribution is 5.92. The third-order valence-electron chi connectivity index (χ3n) is 5.61. The van der Waals surface area contributed by atoms with Gasteiger partial charge in [0.25, 0.3) is 0 Å². The summed E-state index contributed by atoms with van der Waals surface area (Å²) in [6.45, 7) is 4.49. The van der Waals surface area contributed by atoms with Crippen molar-refractivity contribution >= 4 is 5.57 Å². The number of benzene rings is 2. The van der Waals surface area contributed by atoms with Crippen LogP contribution in [0.25, 0.3) is 5.57 Å². The molecule has 5 rings (SSSR count). The molecule has 5 nitrogen and oxygen atoms in total. The molecule has 2 aromatic carbocycles. The molecule has 0 bridgehead atoms. The number of allylic oxidation sites excluding steroid dienone is 1. The maximum absolute atomic E-state index is 10.2. The smallest absolute Gasteiger partial charge is 0.231 e. The van der Waals surface area contributed by atoms with E-state index in [9.17, 15) is 5.11 Å². The third-order valence-corrected chi connectivity index (χ3v) is 5.61. The van der Waals surface area contributed by atoms with Gasteiger partial charge in [0.1, 0.15) is 6.61 Å². The van der Waals surface area contributed by atoms with Crippen molar-refractivity contribution in [2.45, 2.75) is 13.0 Å². The van der Waals surface area contributed by atoms with Crippen molar-refractivity contribution in [1.82, 2.24) is 0 Å². The summed E-state index contributed by atoms with van der Waals surface area (Å²) in [6.07, 6.45) is 2.68. The van der Waals surface area contributed by atoms with Crippen molar-refractivity contribution in [1.29, 1.82) is 0 Å². The molecule has 0 saturated heterocycles. The largest absolute Gasteiger partial charge is 0.493 e. The van der Waals surface area contributed by atoms with Gasteiger partial charge < -0.3 is 24.1 Å². The van der Waals surface area contributed by atoms with E-state index in [1.165, 1.54) is 0 Å². The van der Waals surface area contributed by atoms with E-state index < -0.39 is 0 Å². The molecule has 0 spiro atoms. The molecule has 27 heavy (non-hydrogen) atoms. The van der Waals surface area contributed by atoms with Gasteiger partial charge in [-0.1, -0.05) is 12.1 Å². The predicted octanol–water partition coefficient (Wildman–Crippen LogP) is 3.47. The number of ether oxygens (including phenoxy) is 4. The Morgan fingerprint density at radius 3 is 2.85 bits per heavy atom. The topological polar surface area (TPSA) is 57.2 Å². The fourth-order valence-corrected chi connectivity index (χ4v) is 4.34. The molecule has 1 N–H and O–H groups in total. The fourth-order valence-electron chi connectivity index (χ4n) is 4.34. The number of fused-ring (bicyclic) bond motifs is 4. The molecule has 3 aliphatic rings. The maximum atomic E-state index is 10.2. The number of rotatable bonds is 3. The lowest BCUT2D eigenvalue weighted by Gasteiger charge is -2.29. The highest BCUT2D eigenvalue weighted by atomic mass is 16.7. The van der Waals surface area contributed by atoms with Crippen LogP contribution in [0.3, 0.4) is 0 Å². The normalized spacial score (nSPS) is 19.0. The van der Waals surface area contributed by atoms with Crippen LogP contribution in [0, 0.1) is 5.92 Å². The summed E-state index contributed by atoms with van der Waals surface area (Å²) in [5.74, 6) is 2.89. The number of methoxy groups -OCH3 is 1. The zero-order valence-electron chi connectivity index (χ0n) is 15.1. The first-order valence-electron chi connectivity index (χ1n) is 8.98. The van der Waals surface area contributed by atoms with Crippen molar-refractivity contribution in [2.24, 2.45) is 5.92 Å². The molecule has 2 aliphatic heterocycles. The summed E-state index contributed by atoms with van der Waals surface area (Å²) in [7, 11) is 1.64. The second-order valence-corrected chi connectivity index (χ2v) is 6.85. The van der Waals surface area contributed by atoms with Crippen molar-refractivity contribution < 1.29 is 24.1 Å². The van der Waals surface area contributed by atoms with Crippen LogP contribution in [0.5, 0.6) is 23.0 Å². The monoisotopic (exact) mass is 364 g/mol. The molecule has 2 heterocycles. The Kier molecular flexibility index (Phi) is 3.65. The SMILES string of the molecule is C=C[C@@H]1Cc2ccc(OC)c3c2C(=C1CO)c1ccc2c(c1CO3)OCO2. The minimum atomic E-state index is -0.0456. The minimum Gasteiger partial charge on any atom is -0.493 e. The average molecular weight is 364 g/mol. The first-order chi connectivity index (χ1) is 13.3. The standard InChI is InChI=1S/C22H20O5/c1-3-12-8-13-4-6-17(24-2)22-19(13)20(15(12)9-23)14-5-7-18-21(27-11-26-18)16(14)10-25-22/h3-7,12,23H,1,8-11H2,2H3/t12-/m1/s1.